The summed E-state index contributed by atoms with van der Waals surface area (Å²) < 4.78 is 42.0. The van der Waals surface area contributed by atoms with Gasteiger partial charge in [0, 0.05) is 44.0 Å². The van der Waals surface area contributed by atoms with Crippen molar-refractivity contribution >= 4 is 22.0 Å². The minimum Gasteiger partial charge on any atom is -0.338 e. The van der Waals surface area contributed by atoms with E-state index in [-0.39, 0.29) is 23.9 Å². The highest BCUT2D eigenvalue weighted by Gasteiger charge is 2.27. The molecule has 2 aromatic carbocycles. The van der Waals surface area contributed by atoms with E-state index in [4.69, 9.17) is 0 Å². The van der Waals surface area contributed by atoms with E-state index in [1.807, 2.05) is 41.2 Å². The van der Waals surface area contributed by atoms with Crippen LogP contribution in [0.3, 0.4) is 0 Å². The second-order valence-corrected chi connectivity index (χ2v) is 9.76. The quantitative estimate of drug-likeness (QED) is 0.521. The van der Waals surface area contributed by atoms with Gasteiger partial charge in [0.25, 0.3) is 0 Å². The number of hydrogen-bond acceptors (Lipinski definition) is 4. The van der Waals surface area contributed by atoms with E-state index in [2.05, 4.69) is 5.10 Å². The van der Waals surface area contributed by atoms with E-state index in [1.54, 1.807) is 17.2 Å². The largest absolute Gasteiger partial charge is 0.338 e. The van der Waals surface area contributed by atoms with Crippen LogP contribution in [0.25, 0.3) is 6.08 Å². The van der Waals surface area contributed by atoms with Crippen LogP contribution in [0.15, 0.2) is 78.0 Å². The normalized spacial score (nSPS) is 15.6. The van der Waals surface area contributed by atoms with Gasteiger partial charge in [0.1, 0.15) is 5.82 Å². The summed E-state index contributed by atoms with van der Waals surface area (Å²) in [6, 6.07) is 14.8. The van der Waals surface area contributed by atoms with Crippen molar-refractivity contribution in [2.24, 2.45) is 0 Å². The molecule has 172 valence electrons. The topological polar surface area (TPSA) is 75.5 Å². The molecule has 1 aliphatic rings. The maximum atomic E-state index is 13.2. The van der Waals surface area contributed by atoms with Crippen molar-refractivity contribution in [3.63, 3.8) is 0 Å². The zero-order valence-corrected chi connectivity index (χ0v) is 18.9. The smallest absolute Gasteiger partial charge is 0.246 e. The van der Waals surface area contributed by atoms with Crippen LogP contribution in [0.5, 0.6) is 0 Å². The molecular weight excluding hydrogens is 443 g/mol. The monoisotopic (exact) mass is 468 g/mol. The van der Waals surface area contributed by atoms with Crippen molar-refractivity contribution in [2.45, 2.75) is 17.9 Å². The number of benzene rings is 2. The van der Waals surface area contributed by atoms with Crippen LogP contribution in [-0.4, -0.2) is 59.5 Å². The number of halogens is 1. The number of sulfonamides is 1. The molecule has 1 saturated heterocycles. The molecule has 3 aromatic rings. The molecule has 0 unspecified atom stereocenters. The molecule has 0 N–H and O–H groups in total. The third-order valence-electron chi connectivity index (χ3n) is 5.48. The predicted octanol–water partition coefficient (Wildman–Crippen LogP) is 3.01. The summed E-state index contributed by atoms with van der Waals surface area (Å²) in [5.74, 6) is -0.661. The Hall–Kier alpha value is -3.30. The van der Waals surface area contributed by atoms with E-state index in [9.17, 15) is 17.6 Å². The lowest BCUT2D eigenvalue weighted by Gasteiger charge is -2.21. The van der Waals surface area contributed by atoms with Crippen molar-refractivity contribution in [3.05, 3.63) is 90.0 Å². The van der Waals surface area contributed by atoms with Crippen molar-refractivity contribution < 1.29 is 17.6 Å². The van der Waals surface area contributed by atoms with Gasteiger partial charge in [-0.1, -0.05) is 30.3 Å². The fourth-order valence-electron chi connectivity index (χ4n) is 3.71. The van der Waals surface area contributed by atoms with Crippen LogP contribution in [0.2, 0.25) is 0 Å². The van der Waals surface area contributed by atoms with Gasteiger partial charge in [-0.2, -0.15) is 9.40 Å². The molecule has 1 amide bonds. The minimum atomic E-state index is -3.73. The first kappa shape index (κ1) is 22.9. The number of hydrogen-bond donors (Lipinski definition) is 0. The van der Waals surface area contributed by atoms with Crippen molar-refractivity contribution in [2.75, 3.05) is 26.2 Å². The molecule has 33 heavy (non-hydrogen) atoms. The first-order valence-electron chi connectivity index (χ1n) is 10.7. The maximum absolute atomic E-state index is 13.2. The Bertz CT molecular complexity index is 1220. The lowest BCUT2D eigenvalue weighted by Crippen LogP contribution is -2.36. The number of rotatable bonds is 6. The van der Waals surface area contributed by atoms with Crippen LogP contribution in [-0.2, 0) is 21.4 Å². The number of nitrogens with zero attached hydrogens (tertiary/aromatic N) is 4. The van der Waals surface area contributed by atoms with Gasteiger partial charge in [0.15, 0.2) is 0 Å². The first-order valence-corrected chi connectivity index (χ1v) is 12.1. The van der Waals surface area contributed by atoms with Gasteiger partial charge in [-0.25, -0.2) is 12.8 Å². The third kappa shape index (κ3) is 5.74. The standard InChI is InChI=1S/C24H25FN4O3S/c25-22-8-10-23(11-9-22)33(31,32)29-14-4-13-27(15-16-29)24(30)12-7-21-17-26-28(19-21)18-20-5-2-1-3-6-20/h1-3,5-12,17,19H,4,13-16,18H2. The summed E-state index contributed by atoms with van der Waals surface area (Å²) in [6.07, 6.45) is 7.31. The van der Waals surface area contributed by atoms with Crippen LogP contribution >= 0.6 is 0 Å². The zero-order valence-electron chi connectivity index (χ0n) is 18.0. The van der Waals surface area contributed by atoms with Crippen molar-refractivity contribution in [3.8, 4) is 0 Å². The van der Waals surface area contributed by atoms with Crippen LogP contribution in [0.4, 0.5) is 4.39 Å². The van der Waals surface area contributed by atoms with Gasteiger partial charge in [-0.3, -0.25) is 9.48 Å². The highest BCUT2D eigenvalue weighted by atomic mass is 32.2. The Kier molecular flexibility index (Phi) is 7.00. The van der Waals surface area contributed by atoms with Gasteiger partial charge in [0.2, 0.25) is 15.9 Å². The summed E-state index contributed by atoms with van der Waals surface area (Å²) in [6.45, 7) is 1.89. The minimum absolute atomic E-state index is 0.0519. The molecule has 1 fully saturated rings. The summed E-state index contributed by atoms with van der Waals surface area (Å²) in [4.78, 5) is 14.4. The lowest BCUT2D eigenvalue weighted by molar-refractivity contribution is -0.125. The highest BCUT2D eigenvalue weighted by molar-refractivity contribution is 7.89. The van der Waals surface area contributed by atoms with Crippen molar-refractivity contribution in [1.82, 2.24) is 19.0 Å². The Balaban J connectivity index is 1.35. The molecular formula is C24H25FN4O3S. The van der Waals surface area contributed by atoms with E-state index < -0.39 is 15.8 Å². The van der Waals surface area contributed by atoms with Crippen LogP contribution < -0.4 is 0 Å². The Labute approximate surface area is 192 Å². The maximum Gasteiger partial charge on any atom is 0.246 e. The second-order valence-electron chi connectivity index (χ2n) is 7.83. The molecule has 4 rings (SSSR count). The average molecular weight is 469 g/mol. The van der Waals surface area contributed by atoms with Gasteiger partial charge >= 0.3 is 0 Å². The second kappa shape index (κ2) is 10.1. The van der Waals surface area contributed by atoms with E-state index in [1.165, 1.54) is 22.5 Å². The molecule has 0 spiro atoms. The number of carbonyl (C=O) groups excluding carboxylic acids is 1. The Morgan fingerprint density at radius 1 is 1.00 bits per heavy atom. The Morgan fingerprint density at radius 3 is 2.52 bits per heavy atom. The number of carbonyl (C=O) groups is 1. The van der Waals surface area contributed by atoms with Crippen LogP contribution in [0, 0.1) is 5.82 Å². The average Bonchev–Trinajstić information content (AvgIpc) is 3.10. The summed E-state index contributed by atoms with van der Waals surface area (Å²) in [5.41, 5.74) is 1.95. The molecule has 2 heterocycles. The molecule has 0 atom stereocenters. The van der Waals surface area contributed by atoms with Gasteiger partial charge in [-0.05, 0) is 42.3 Å². The molecule has 0 saturated carbocycles. The predicted molar refractivity (Wildman–Crippen MR) is 123 cm³/mol. The lowest BCUT2D eigenvalue weighted by atomic mass is 10.2. The molecule has 1 aliphatic heterocycles. The SMILES string of the molecule is O=C(C=Cc1cnn(Cc2ccccc2)c1)N1CCCN(S(=O)(=O)c2ccc(F)cc2)CC1. The van der Waals surface area contributed by atoms with Gasteiger partial charge in [-0.15, -0.1) is 0 Å². The third-order valence-corrected chi connectivity index (χ3v) is 7.39. The summed E-state index contributed by atoms with van der Waals surface area (Å²) in [5, 5.41) is 4.33. The highest BCUT2D eigenvalue weighted by Crippen LogP contribution is 2.18. The molecule has 7 nitrogen and oxygen atoms in total. The van der Waals surface area contributed by atoms with E-state index in [0.717, 1.165) is 23.3 Å². The van der Waals surface area contributed by atoms with Crippen molar-refractivity contribution in [1.29, 1.82) is 0 Å². The fourth-order valence-corrected chi connectivity index (χ4v) is 5.18. The first-order chi connectivity index (χ1) is 15.9. The van der Waals surface area contributed by atoms with Gasteiger partial charge in [0.05, 0.1) is 17.6 Å². The molecule has 9 heteroatoms. The molecule has 0 aliphatic carbocycles. The summed E-state index contributed by atoms with van der Waals surface area (Å²) in [7, 11) is -3.73. The number of amides is 1. The fraction of sp³-hybridized carbons (Fsp3) is 0.250. The van der Waals surface area contributed by atoms with E-state index >= 15 is 0 Å². The molecule has 0 radical (unpaired) electrons. The molecule has 0 bridgehead atoms. The summed E-state index contributed by atoms with van der Waals surface area (Å²) >= 11 is 0. The van der Waals surface area contributed by atoms with Gasteiger partial charge < -0.3 is 4.90 Å². The molecule has 1 aromatic heterocycles. The zero-order chi connectivity index (χ0) is 23.3. The van der Waals surface area contributed by atoms with Crippen LogP contribution in [0.1, 0.15) is 17.5 Å². The number of aromatic nitrogens is 2. The van der Waals surface area contributed by atoms with E-state index in [0.29, 0.717) is 26.1 Å². The Morgan fingerprint density at radius 2 is 1.76 bits per heavy atom.